The van der Waals surface area contributed by atoms with E-state index in [-0.39, 0.29) is 0 Å². The largest absolute Gasteiger partial charge is 0.456 e. The monoisotopic (exact) mass is 1280 g/mol. The molecule has 0 atom stereocenters. The summed E-state index contributed by atoms with van der Waals surface area (Å²) in [5.74, 6) is 1.32. The molecule has 14 aromatic carbocycles. The van der Waals surface area contributed by atoms with E-state index in [2.05, 4.69) is 231 Å². The Balaban J connectivity index is 0.667. The molecule has 0 saturated carbocycles. The maximum absolute atomic E-state index is 6.78. The number of para-hydroxylation sites is 2. The Bertz CT molecular complexity index is 6530. The van der Waals surface area contributed by atoms with E-state index in [1.807, 2.05) is 97.1 Å². The molecule has 0 fully saturated rings. The van der Waals surface area contributed by atoms with Crippen LogP contribution in [0.4, 0.5) is 0 Å². The topological polar surface area (TPSA) is 104 Å². The summed E-state index contributed by atoms with van der Waals surface area (Å²) in [6, 6.07) is 114. The fourth-order valence-electron chi connectivity index (χ4n) is 14.6. The Labute approximate surface area is 573 Å². The molecule has 0 saturated heterocycles. The molecule has 0 N–H and O–H groups in total. The molecule has 8 nitrogen and oxygen atoms in total. The van der Waals surface area contributed by atoms with Crippen LogP contribution in [-0.2, 0) is 0 Å². The molecule has 0 unspecified atom stereocenters. The number of rotatable bonds is 11. The summed E-state index contributed by atoms with van der Waals surface area (Å²) in [6.45, 7) is 0. The fourth-order valence-corrected chi connectivity index (χ4v) is 14.6. The molecule has 8 heteroatoms. The normalized spacial score (nSPS) is 11.8. The Kier molecular flexibility index (Phi) is 13.1. The lowest BCUT2D eigenvalue weighted by atomic mass is 9.90. The van der Waals surface area contributed by atoms with Crippen molar-refractivity contribution in [1.29, 1.82) is 0 Å². The van der Waals surface area contributed by atoms with Crippen LogP contribution in [0, 0.1) is 0 Å². The van der Waals surface area contributed by atoms with Gasteiger partial charge in [0.1, 0.15) is 44.7 Å². The number of nitrogens with zero attached hydrogens (tertiary/aromatic N) is 4. The molecule has 0 spiro atoms. The molecule has 0 bridgehead atoms. The molecule has 466 valence electrons. The standard InChI is InChI=1S/C92H54N4O4/c1-5-17-55(18-6-1)79-53-81(95-91(93-79)57-21-9-3-10-22-57)66-32-37-67(63-34-42-85-76(47-63)69-25-13-15-27-83(69)97-85)73(50-66)64-35-44-88-78(48-64)72-40-31-62(52-90(72)100-88)61-30-39-71-75-46-60(33-41-87(75)99-89(71)51-61)59-29-38-68(74(45-59)65-36-43-86-77(49-65)70-26-14-16-28-84(70)98-86)82-54-80(56-19-7-2-8-20-56)94-92(96-82)58-23-11-4-12-24-58/h1-54H. The highest BCUT2D eigenvalue weighted by atomic mass is 16.3. The van der Waals surface area contributed by atoms with Crippen LogP contribution in [0.15, 0.2) is 345 Å². The van der Waals surface area contributed by atoms with E-state index in [0.717, 1.165) is 200 Å². The SMILES string of the molecule is c1ccc(-c2cc(-c3ccc(-c4ccc5oc6ccccc6c5c4)c(-c4ccc5oc6cc(-c7ccc8c(c7)oc7ccc(-c9ccc(-c%10cc(-c%11ccccc%11)nc(-c%11ccccc%11)n%10)c(-c%10ccc%11oc%12ccccc%12c%11c%10)c9)cc78)ccc6c5c4)c3)nc(-c3ccccc3)n2)cc1. The lowest BCUT2D eigenvalue weighted by Crippen LogP contribution is -1.97. The predicted octanol–water partition coefficient (Wildman–Crippen LogP) is 25.2. The van der Waals surface area contributed by atoms with E-state index < -0.39 is 0 Å². The maximum atomic E-state index is 6.78. The van der Waals surface area contributed by atoms with Crippen LogP contribution in [0.1, 0.15) is 0 Å². The van der Waals surface area contributed by atoms with Gasteiger partial charge < -0.3 is 17.7 Å². The van der Waals surface area contributed by atoms with E-state index in [1.54, 1.807) is 0 Å². The summed E-state index contributed by atoms with van der Waals surface area (Å²) in [5.41, 5.74) is 26.4. The van der Waals surface area contributed by atoms with Gasteiger partial charge in [-0.1, -0.05) is 218 Å². The first-order chi connectivity index (χ1) is 49.5. The van der Waals surface area contributed by atoms with Gasteiger partial charge in [0.05, 0.1) is 22.8 Å². The Morgan fingerprint density at radius 1 is 0.150 bits per heavy atom. The summed E-state index contributed by atoms with van der Waals surface area (Å²) in [6.07, 6.45) is 0. The predicted molar refractivity (Wildman–Crippen MR) is 407 cm³/mol. The second kappa shape index (κ2) is 23.1. The quantitative estimate of drug-likeness (QED) is 0.126. The second-order valence-electron chi connectivity index (χ2n) is 25.6. The minimum atomic E-state index is 0.660. The highest BCUT2D eigenvalue weighted by Gasteiger charge is 2.22. The average molecular weight is 1280 g/mol. The van der Waals surface area contributed by atoms with Crippen LogP contribution in [0.2, 0.25) is 0 Å². The fraction of sp³-hybridized carbons (Fsp3) is 0. The van der Waals surface area contributed by atoms with Gasteiger partial charge in [-0.15, -0.1) is 0 Å². The summed E-state index contributed by atoms with van der Waals surface area (Å²) in [4.78, 5) is 20.8. The van der Waals surface area contributed by atoms with Crippen molar-refractivity contribution in [3.8, 4) is 123 Å². The van der Waals surface area contributed by atoms with Gasteiger partial charge in [-0.05, 0) is 165 Å². The van der Waals surface area contributed by atoms with Gasteiger partial charge in [-0.2, -0.15) is 0 Å². The van der Waals surface area contributed by atoms with Crippen molar-refractivity contribution in [2.75, 3.05) is 0 Å². The maximum Gasteiger partial charge on any atom is 0.160 e. The summed E-state index contributed by atoms with van der Waals surface area (Å²) < 4.78 is 26.2. The van der Waals surface area contributed by atoms with Crippen molar-refractivity contribution in [3.05, 3.63) is 328 Å². The van der Waals surface area contributed by atoms with Crippen molar-refractivity contribution in [2.24, 2.45) is 0 Å². The molecule has 0 amide bonds. The molecule has 0 aliphatic rings. The van der Waals surface area contributed by atoms with Crippen LogP contribution in [-0.4, -0.2) is 19.9 Å². The molecular weight excluding hydrogens is 1230 g/mol. The molecular formula is C92H54N4O4. The van der Waals surface area contributed by atoms with E-state index in [9.17, 15) is 0 Å². The zero-order valence-corrected chi connectivity index (χ0v) is 53.6. The van der Waals surface area contributed by atoms with Crippen LogP contribution < -0.4 is 0 Å². The first kappa shape index (κ1) is 56.8. The van der Waals surface area contributed by atoms with E-state index >= 15 is 0 Å². The van der Waals surface area contributed by atoms with Gasteiger partial charge in [0.15, 0.2) is 11.6 Å². The van der Waals surface area contributed by atoms with Gasteiger partial charge in [0.2, 0.25) is 0 Å². The number of hydrogen-bond acceptors (Lipinski definition) is 8. The summed E-state index contributed by atoms with van der Waals surface area (Å²) in [5, 5.41) is 8.38. The Morgan fingerprint density at radius 2 is 0.450 bits per heavy atom. The van der Waals surface area contributed by atoms with Crippen LogP contribution in [0.3, 0.4) is 0 Å². The van der Waals surface area contributed by atoms with Gasteiger partial charge in [0.25, 0.3) is 0 Å². The van der Waals surface area contributed by atoms with Crippen LogP contribution in [0.5, 0.6) is 0 Å². The zero-order valence-electron chi connectivity index (χ0n) is 53.6. The highest BCUT2D eigenvalue weighted by molar-refractivity contribution is 6.12. The van der Waals surface area contributed by atoms with Gasteiger partial charge in [0, 0.05) is 76.5 Å². The van der Waals surface area contributed by atoms with Crippen molar-refractivity contribution in [1.82, 2.24) is 19.9 Å². The van der Waals surface area contributed by atoms with Crippen molar-refractivity contribution in [3.63, 3.8) is 0 Å². The highest BCUT2D eigenvalue weighted by Crippen LogP contribution is 2.45. The molecule has 6 heterocycles. The summed E-state index contributed by atoms with van der Waals surface area (Å²) >= 11 is 0. The van der Waals surface area contributed by atoms with Gasteiger partial charge in [-0.25, -0.2) is 19.9 Å². The molecule has 20 aromatic rings. The van der Waals surface area contributed by atoms with Gasteiger partial charge in [-0.3, -0.25) is 0 Å². The molecule has 20 rings (SSSR count). The molecule has 6 aromatic heterocycles. The Hall–Kier alpha value is -13.6. The van der Waals surface area contributed by atoms with Crippen molar-refractivity contribution in [2.45, 2.75) is 0 Å². The number of benzene rings is 14. The Morgan fingerprint density at radius 3 is 0.950 bits per heavy atom. The third kappa shape index (κ3) is 9.84. The van der Waals surface area contributed by atoms with Crippen molar-refractivity contribution < 1.29 is 17.7 Å². The van der Waals surface area contributed by atoms with Crippen LogP contribution >= 0.6 is 0 Å². The molecule has 0 radical (unpaired) electrons. The number of aromatic nitrogens is 4. The lowest BCUT2D eigenvalue weighted by Gasteiger charge is -2.15. The van der Waals surface area contributed by atoms with Crippen molar-refractivity contribution >= 4 is 87.8 Å². The molecule has 100 heavy (non-hydrogen) atoms. The molecule has 0 aliphatic carbocycles. The third-order valence-corrected chi connectivity index (χ3v) is 19.6. The van der Waals surface area contributed by atoms with Gasteiger partial charge >= 0.3 is 0 Å². The average Bonchev–Trinajstić information content (AvgIpc) is 1.48. The minimum Gasteiger partial charge on any atom is -0.456 e. The van der Waals surface area contributed by atoms with Crippen LogP contribution in [0.25, 0.3) is 211 Å². The smallest absolute Gasteiger partial charge is 0.160 e. The zero-order chi connectivity index (χ0) is 65.8. The van der Waals surface area contributed by atoms with E-state index in [1.165, 1.54) is 0 Å². The second-order valence-corrected chi connectivity index (χ2v) is 25.6. The minimum absolute atomic E-state index is 0.660. The molecule has 0 aliphatic heterocycles. The number of hydrogen-bond donors (Lipinski definition) is 0. The lowest BCUT2D eigenvalue weighted by molar-refractivity contribution is 0.668. The van der Waals surface area contributed by atoms with E-state index in [0.29, 0.717) is 11.6 Å². The first-order valence-electron chi connectivity index (χ1n) is 33.5. The summed E-state index contributed by atoms with van der Waals surface area (Å²) in [7, 11) is 0. The number of fused-ring (bicyclic) bond motifs is 12. The first-order valence-corrected chi connectivity index (χ1v) is 33.5. The number of furan rings is 4. The third-order valence-electron chi connectivity index (χ3n) is 19.6. The van der Waals surface area contributed by atoms with E-state index in [4.69, 9.17) is 37.6 Å².